The molecule has 1 aromatic carbocycles. The Bertz CT molecular complexity index is 664. The number of hydrogen-bond acceptors (Lipinski definition) is 4. The van der Waals surface area contributed by atoms with E-state index in [9.17, 15) is 23.1 Å². The molecule has 8 heteroatoms. The highest BCUT2D eigenvalue weighted by atomic mass is 32.2. The molecule has 0 saturated heterocycles. The van der Waals surface area contributed by atoms with Crippen molar-refractivity contribution < 1.29 is 23.1 Å². The molecular weight excluding hydrogens is 308 g/mol. The summed E-state index contributed by atoms with van der Waals surface area (Å²) in [4.78, 5) is 24.0. The van der Waals surface area contributed by atoms with Crippen LogP contribution in [0.5, 0.6) is 0 Å². The van der Waals surface area contributed by atoms with Crippen LogP contribution in [0.1, 0.15) is 32.4 Å². The van der Waals surface area contributed by atoms with Gasteiger partial charge in [-0.1, -0.05) is 12.1 Å². The third-order valence-electron chi connectivity index (χ3n) is 2.87. The van der Waals surface area contributed by atoms with Gasteiger partial charge in [0, 0.05) is 11.2 Å². The summed E-state index contributed by atoms with van der Waals surface area (Å²) in [5.41, 5.74) is -0.135. The van der Waals surface area contributed by atoms with Crippen LogP contribution < -0.4 is 4.72 Å². The molecule has 122 valence electrons. The van der Waals surface area contributed by atoms with E-state index in [1.807, 2.05) is 0 Å². The number of benzene rings is 1. The fraction of sp³-hybridized carbons (Fsp3) is 0.429. The summed E-state index contributed by atoms with van der Waals surface area (Å²) < 4.78 is 24.8. The second-order valence-electron chi connectivity index (χ2n) is 5.90. The fourth-order valence-electron chi connectivity index (χ4n) is 2.11. The lowest BCUT2D eigenvalue weighted by molar-refractivity contribution is -0.113. The van der Waals surface area contributed by atoms with Gasteiger partial charge in [-0.05, 0) is 38.5 Å². The number of rotatable bonds is 5. The van der Waals surface area contributed by atoms with Gasteiger partial charge in [0.1, 0.15) is 12.3 Å². The molecule has 0 saturated carbocycles. The summed E-state index contributed by atoms with van der Waals surface area (Å²) in [6, 6.07) is 5.07. The zero-order valence-corrected chi connectivity index (χ0v) is 13.7. The van der Waals surface area contributed by atoms with Crippen LogP contribution in [0.15, 0.2) is 24.3 Å². The Labute approximate surface area is 130 Å². The van der Waals surface area contributed by atoms with Crippen LogP contribution in [0.25, 0.3) is 0 Å². The molecule has 1 atom stereocenters. The summed E-state index contributed by atoms with van der Waals surface area (Å²) in [5, 5.41) is 9.38. The van der Waals surface area contributed by atoms with Gasteiger partial charge in [-0.3, -0.25) is 9.62 Å². The van der Waals surface area contributed by atoms with Crippen molar-refractivity contribution in [1.29, 1.82) is 0 Å². The van der Waals surface area contributed by atoms with E-state index in [-0.39, 0.29) is 5.69 Å². The molecule has 1 unspecified atom stereocenters. The maximum absolute atomic E-state index is 11.5. The molecule has 0 aliphatic heterocycles. The number of aldehydes is 1. The second kappa shape index (κ2) is 6.35. The molecule has 1 aromatic rings. The minimum Gasteiger partial charge on any atom is -0.465 e. The molecule has 0 aromatic heterocycles. The standard InChI is InChI=1S/C14H20N2O5S/c1-14(2,3)16(13(18)19)12(9-17)10-6-5-7-11(8-10)15-22(4,20)21/h5-9,12,15H,1-4H3,(H,18,19). The normalized spacial score (nSPS) is 13.3. The van der Waals surface area contributed by atoms with Crippen LogP contribution in [-0.2, 0) is 14.8 Å². The smallest absolute Gasteiger partial charge is 0.408 e. The van der Waals surface area contributed by atoms with Gasteiger partial charge in [0.05, 0.1) is 6.26 Å². The molecule has 0 aliphatic carbocycles. The number of nitrogens with one attached hydrogen (secondary N) is 1. The lowest BCUT2D eigenvalue weighted by Gasteiger charge is -2.37. The maximum atomic E-state index is 11.5. The second-order valence-corrected chi connectivity index (χ2v) is 7.65. The number of amides is 1. The van der Waals surface area contributed by atoms with Crippen molar-refractivity contribution in [3.63, 3.8) is 0 Å². The monoisotopic (exact) mass is 328 g/mol. The van der Waals surface area contributed by atoms with Crippen LogP contribution >= 0.6 is 0 Å². The molecular formula is C14H20N2O5S. The van der Waals surface area contributed by atoms with E-state index in [1.54, 1.807) is 32.9 Å². The van der Waals surface area contributed by atoms with E-state index < -0.39 is 27.7 Å². The Morgan fingerprint density at radius 1 is 1.36 bits per heavy atom. The quantitative estimate of drug-likeness (QED) is 0.805. The number of carbonyl (C=O) groups is 2. The fourth-order valence-corrected chi connectivity index (χ4v) is 2.67. The highest BCUT2D eigenvalue weighted by Gasteiger charge is 2.34. The van der Waals surface area contributed by atoms with E-state index >= 15 is 0 Å². The van der Waals surface area contributed by atoms with Crippen LogP contribution in [-0.4, -0.2) is 42.6 Å². The first-order valence-corrected chi connectivity index (χ1v) is 8.40. The summed E-state index contributed by atoms with van der Waals surface area (Å²) in [5.74, 6) is 0. The average molecular weight is 328 g/mol. The lowest BCUT2D eigenvalue weighted by atomic mass is 9.99. The number of hydrogen-bond donors (Lipinski definition) is 2. The molecule has 2 N–H and O–H groups in total. The number of carboxylic acid groups (broad SMARTS) is 1. The third kappa shape index (κ3) is 4.73. The minimum absolute atomic E-state index is 0.270. The molecule has 0 bridgehead atoms. The van der Waals surface area contributed by atoms with Gasteiger partial charge in [0.25, 0.3) is 0 Å². The molecule has 0 fully saturated rings. The highest BCUT2D eigenvalue weighted by Crippen LogP contribution is 2.28. The number of anilines is 1. The van der Waals surface area contributed by atoms with E-state index in [0.29, 0.717) is 11.8 Å². The first kappa shape index (κ1) is 18.0. The zero-order chi connectivity index (χ0) is 17.1. The molecule has 0 radical (unpaired) electrons. The lowest BCUT2D eigenvalue weighted by Crippen LogP contribution is -2.47. The van der Waals surface area contributed by atoms with E-state index in [1.165, 1.54) is 12.1 Å². The Balaban J connectivity index is 3.28. The van der Waals surface area contributed by atoms with E-state index in [4.69, 9.17) is 0 Å². The summed E-state index contributed by atoms with van der Waals surface area (Å²) in [6.45, 7) is 5.03. The zero-order valence-electron chi connectivity index (χ0n) is 12.9. The molecule has 1 amide bonds. The molecule has 1 rings (SSSR count). The van der Waals surface area contributed by atoms with Gasteiger partial charge in [-0.25, -0.2) is 13.2 Å². The molecule has 7 nitrogen and oxygen atoms in total. The van der Waals surface area contributed by atoms with Crippen LogP contribution in [0.3, 0.4) is 0 Å². The van der Waals surface area contributed by atoms with Crippen molar-refractivity contribution in [3.8, 4) is 0 Å². The van der Waals surface area contributed by atoms with Crippen LogP contribution in [0.2, 0.25) is 0 Å². The van der Waals surface area contributed by atoms with Crippen molar-refractivity contribution in [2.24, 2.45) is 0 Å². The minimum atomic E-state index is -3.46. The van der Waals surface area contributed by atoms with Gasteiger partial charge >= 0.3 is 6.09 Å². The molecule has 0 aliphatic rings. The predicted octanol–water partition coefficient (Wildman–Crippen LogP) is 2.08. The summed E-state index contributed by atoms with van der Waals surface area (Å²) in [7, 11) is -3.46. The van der Waals surface area contributed by atoms with Crippen molar-refractivity contribution >= 4 is 28.1 Å². The third-order valence-corrected chi connectivity index (χ3v) is 3.47. The van der Waals surface area contributed by atoms with Gasteiger partial charge in [0.15, 0.2) is 0 Å². The van der Waals surface area contributed by atoms with Crippen LogP contribution in [0.4, 0.5) is 10.5 Å². The topological polar surface area (TPSA) is 104 Å². The molecule has 0 spiro atoms. The van der Waals surface area contributed by atoms with Crippen molar-refractivity contribution in [2.45, 2.75) is 32.4 Å². The van der Waals surface area contributed by atoms with Gasteiger partial charge in [0.2, 0.25) is 10.0 Å². The van der Waals surface area contributed by atoms with Gasteiger partial charge in [-0.2, -0.15) is 0 Å². The van der Waals surface area contributed by atoms with Gasteiger partial charge < -0.3 is 9.90 Å². The highest BCUT2D eigenvalue weighted by molar-refractivity contribution is 7.92. The van der Waals surface area contributed by atoms with Crippen LogP contribution in [0, 0.1) is 0 Å². The molecule has 22 heavy (non-hydrogen) atoms. The van der Waals surface area contributed by atoms with Crippen molar-refractivity contribution in [2.75, 3.05) is 11.0 Å². The number of sulfonamides is 1. The van der Waals surface area contributed by atoms with Gasteiger partial charge in [-0.15, -0.1) is 0 Å². The predicted molar refractivity (Wildman–Crippen MR) is 83.3 cm³/mol. The summed E-state index contributed by atoms with van der Waals surface area (Å²) >= 11 is 0. The maximum Gasteiger partial charge on any atom is 0.408 e. The first-order valence-electron chi connectivity index (χ1n) is 6.51. The Hall–Kier alpha value is -2.09. The van der Waals surface area contributed by atoms with Crippen molar-refractivity contribution in [3.05, 3.63) is 29.8 Å². The number of nitrogens with zero attached hydrogens (tertiary/aromatic N) is 1. The van der Waals surface area contributed by atoms with Crippen molar-refractivity contribution in [1.82, 2.24) is 4.90 Å². The first-order chi connectivity index (χ1) is 9.95. The largest absolute Gasteiger partial charge is 0.465 e. The number of carbonyl (C=O) groups excluding carboxylic acids is 1. The summed E-state index contributed by atoms with van der Waals surface area (Å²) in [6.07, 6.45) is 0.306. The van der Waals surface area contributed by atoms with E-state index in [0.717, 1.165) is 11.2 Å². The van der Waals surface area contributed by atoms with E-state index in [2.05, 4.69) is 4.72 Å². The Kier molecular flexibility index (Phi) is 5.18. The Morgan fingerprint density at radius 2 is 1.95 bits per heavy atom. The average Bonchev–Trinajstić information content (AvgIpc) is 2.31. The Morgan fingerprint density at radius 3 is 2.36 bits per heavy atom. The SMILES string of the molecule is CC(C)(C)N(C(=O)O)C(C=O)c1cccc(NS(C)(=O)=O)c1. The molecule has 0 heterocycles.